The fourth-order valence-electron chi connectivity index (χ4n) is 3.25. The second-order valence-electron chi connectivity index (χ2n) is 5.71. The summed E-state index contributed by atoms with van der Waals surface area (Å²) in [4.78, 5) is 2.58. The molecule has 2 nitrogen and oxygen atoms in total. The third-order valence-electron chi connectivity index (χ3n) is 4.43. The summed E-state index contributed by atoms with van der Waals surface area (Å²) in [5.41, 5.74) is 0. The standard InChI is InChI=1S/C14H28N2/c1-16-12-6-4-8-14(16)10-9-13-7-3-2-5-11-15-13/h13-15H,2-12H2,1H3. The highest BCUT2D eigenvalue weighted by Gasteiger charge is 2.20. The van der Waals surface area contributed by atoms with Crippen LogP contribution in [0.5, 0.6) is 0 Å². The number of likely N-dealkylation sites (tertiary alicyclic amines) is 1. The molecule has 2 heterocycles. The summed E-state index contributed by atoms with van der Waals surface area (Å²) in [5, 5.41) is 3.72. The Bertz CT molecular complexity index is 185. The maximum atomic E-state index is 3.72. The van der Waals surface area contributed by atoms with Crippen molar-refractivity contribution >= 4 is 0 Å². The van der Waals surface area contributed by atoms with Gasteiger partial charge in [-0.05, 0) is 58.7 Å². The minimum atomic E-state index is 0.817. The minimum Gasteiger partial charge on any atom is -0.314 e. The molecule has 2 fully saturated rings. The highest BCUT2D eigenvalue weighted by atomic mass is 15.1. The lowest BCUT2D eigenvalue weighted by atomic mass is 9.95. The topological polar surface area (TPSA) is 15.3 Å². The fraction of sp³-hybridized carbons (Fsp3) is 1.00. The van der Waals surface area contributed by atoms with Gasteiger partial charge < -0.3 is 10.2 Å². The molecule has 0 spiro atoms. The van der Waals surface area contributed by atoms with Gasteiger partial charge >= 0.3 is 0 Å². The van der Waals surface area contributed by atoms with E-state index < -0.39 is 0 Å². The Kier molecular flexibility index (Phi) is 5.11. The summed E-state index contributed by atoms with van der Waals surface area (Å²) in [6, 6.07) is 1.69. The highest BCUT2D eigenvalue weighted by Crippen LogP contribution is 2.21. The molecule has 2 unspecified atom stereocenters. The van der Waals surface area contributed by atoms with E-state index in [2.05, 4.69) is 17.3 Å². The van der Waals surface area contributed by atoms with Crippen LogP contribution < -0.4 is 5.32 Å². The molecule has 0 bridgehead atoms. The smallest absolute Gasteiger partial charge is 0.00927 e. The van der Waals surface area contributed by atoms with Gasteiger partial charge in [0.15, 0.2) is 0 Å². The number of piperidine rings is 1. The largest absolute Gasteiger partial charge is 0.314 e. The Hall–Kier alpha value is -0.0800. The molecular weight excluding hydrogens is 196 g/mol. The van der Waals surface area contributed by atoms with Crippen LogP contribution in [0.2, 0.25) is 0 Å². The summed E-state index contributed by atoms with van der Waals surface area (Å²) in [6.45, 7) is 2.58. The van der Waals surface area contributed by atoms with Gasteiger partial charge in [0.05, 0.1) is 0 Å². The predicted octanol–water partition coefficient (Wildman–Crippen LogP) is 2.78. The Morgan fingerprint density at radius 3 is 2.75 bits per heavy atom. The van der Waals surface area contributed by atoms with E-state index in [1.165, 1.54) is 70.9 Å². The Labute approximate surface area is 101 Å². The lowest BCUT2D eigenvalue weighted by Crippen LogP contribution is -2.38. The zero-order chi connectivity index (χ0) is 11.2. The summed E-state index contributed by atoms with van der Waals surface area (Å²) >= 11 is 0. The quantitative estimate of drug-likeness (QED) is 0.793. The molecule has 0 amide bonds. The van der Waals surface area contributed by atoms with Crippen molar-refractivity contribution in [2.45, 2.75) is 69.9 Å². The van der Waals surface area contributed by atoms with Crippen molar-refractivity contribution in [1.82, 2.24) is 10.2 Å². The lowest BCUT2D eigenvalue weighted by Gasteiger charge is -2.33. The minimum absolute atomic E-state index is 0.817. The Morgan fingerprint density at radius 2 is 1.88 bits per heavy atom. The predicted molar refractivity (Wildman–Crippen MR) is 69.8 cm³/mol. The van der Waals surface area contributed by atoms with Gasteiger partial charge in [-0.1, -0.05) is 19.3 Å². The molecule has 0 radical (unpaired) electrons. The number of hydrogen-bond acceptors (Lipinski definition) is 2. The zero-order valence-electron chi connectivity index (χ0n) is 10.9. The Balaban J connectivity index is 1.68. The van der Waals surface area contributed by atoms with Crippen LogP contribution in [0.3, 0.4) is 0 Å². The third kappa shape index (κ3) is 3.74. The summed E-state index contributed by atoms with van der Waals surface area (Å²) < 4.78 is 0. The summed E-state index contributed by atoms with van der Waals surface area (Å²) in [6.07, 6.45) is 12.8. The van der Waals surface area contributed by atoms with Gasteiger partial charge in [-0.3, -0.25) is 0 Å². The van der Waals surface area contributed by atoms with Crippen molar-refractivity contribution in [3.8, 4) is 0 Å². The van der Waals surface area contributed by atoms with Crippen LogP contribution in [0.15, 0.2) is 0 Å². The molecule has 16 heavy (non-hydrogen) atoms. The van der Waals surface area contributed by atoms with Crippen LogP contribution in [-0.4, -0.2) is 37.1 Å². The van der Waals surface area contributed by atoms with Gasteiger partial charge in [0.25, 0.3) is 0 Å². The van der Waals surface area contributed by atoms with E-state index in [9.17, 15) is 0 Å². The van der Waals surface area contributed by atoms with Crippen molar-refractivity contribution in [2.24, 2.45) is 0 Å². The van der Waals surface area contributed by atoms with Crippen LogP contribution in [-0.2, 0) is 0 Å². The van der Waals surface area contributed by atoms with E-state index in [4.69, 9.17) is 0 Å². The molecule has 0 aliphatic carbocycles. The first-order chi connectivity index (χ1) is 7.86. The van der Waals surface area contributed by atoms with E-state index in [1.807, 2.05) is 0 Å². The van der Waals surface area contributed by atoms with Gasteiger partial charge in [-0.2, -0.15) is 0 Å². The molecule has 2 aliphatic rings. The van der Waals surface area contributed by atoms with Crippen LogP contribution in [0.1, 0.15) is 57.8 Å². The second kappa shape index (κ2) is 6.61. The van der Waals surface area contributed by atoms with Crippen LogP contribution >= 0.6 is 0 Å². The molecular formula is C14H28N2. The number of rotatable bonds is 3. The van der Waals surface area contributed by atoms with Gasteiger partial charge in [0.2, 0.25) is 0 Å². The molecule has 0 aromatic carbocycles. The Morgan fingerprint density at radius 1 is 1.00 bits per heavy atom. The molecule has 2 saturated heterocycles. The maximum absolute atomic E-state index is 3.72. The van der Waals surface area contributed by atoms with Crippen molar-refractivity contribution in [2.75, 3.05) is 20.1 Å². The average Bonchev–Trinajstić information content (AvgIpc) is 2.56. The zero-order valence-corrected chi connectivity index (χ0v) is 10.9. The molecule has 2 aliphatic heterocycles. The van der Waals surface area contributed by atoms with E-state index >= 15 is 0 Å². The van der Waals surface area contributed by atoms with Gasteiger partial charge in [0, 0.05) is 12.1 Å². The number of hydrogen-bond donors (Lipinski definition) is 1. The monoisotopic (exact) mass is 224 g/mol. The van der Waals surface area contributed by atoms with Crippen LogP contribution in [0, 0.1) is 0 Å². The summed E-state index contributed by atoms with van der Waals surface area (Å²) in [5.74, 6) is 0. The molecule has 2 rings (SSSR count). The summed E-state index contributed by atoms with van der Waals surface area (Å²) in [7, 11) is 2.31. The molecule has 0 aromatic heterocycles. The van der Waals surface area contributed by atoms with Gasteiger partial charge in [-0.25, -0.2) is 0 Å². The molecule has 0 aromatic rings. The SMILES string of the molecule is CN1CCCCC1CCC1CCCCCN1. The number of nitrogens with zero attached hydrogens (tertiary/aromatic N) is 1. The molecule has 94 valence electrons. The molecule has 1 N–H and O–H groups in total. The fourth-order valence-corrected chi connectivity index (χ4v) is 3.25. The van der Waals surface area contributed by atoms with Crippen molar-refractivity contribution in [3.05, 3.63) is 0 Å². The molecule has 2 atom stereocenters. The van der Waals surface area contributed by atoms with E-state index in [0.29, 0.717) is 0 Å². The maximum Gasteiger partial charge on any atom is 0.00927 e. The van der Waals surface area contributed by atoms with Crippen molar-refractivity contribution < 1.29 is 0 Å². The van der Waals surface area contributed by atoms with E-state index in [1.54, 1.807) is 0 Å². The first kappa shape index (κ1) is 12.4. The van der Waals surface area contributed by atoms with Crippen LogP contribution in [0.4, 0.5) is 0 Å². The lowest BCUT2D eigenvalue weighted by molar-refractivity contribution is 0.169. The van der Waals surface area contributed by atoms with Crippen LogP contribution in [0.25, 0.3) is 0 Å². The highest BCUT2D eigenvalue weighted by molar-refractivity contribution is 4.78. The van der Waals surface area contributed by atoms with Crippen molar-refractivity contribution in [1.29, 1.82) is 0 Å². The average molecular weight is 224 g/mol. The van der Waals surface area contributed by atoms with Gasteiger partial charge in [0.1, 0.15) is 0 Å². The first-order valence-electron chi connectivity index (χ1n) is 7.30. The second-order valence-corrected chi connectivity index (χ2v) is 5.71. The van der Waals surface area contributed by atoms with Gasteiger partial charge in [-0.15, -0.1) is 0 Å². The van der Waals surface area contributed by atoms with Crippen molar-refractivity contribution in [3.63, 3.8) is 0 Å². The first-order valence-corrected chi connectivity index (χ1v) is 7.30. The number of nitrogens with one attached hydrogen (secondary N) is 1. The third-order valence-corrected chi connectivity index (χ3v) is 4.43. The van der Waals surface area contributed by atoms with E-state index in [0.717, 1.165) is 12.1 Å². The van der Waals surface area contributed by atoms with E-state index in [-0.39, 0.29) is 0 Å². The normalized spacial score (nSPS) is 33.6. The molecule has 2 heteroatoms. The molecule has 0 saturated carbocycles.